The molecular weight excluding hydrogens is 356 g/mol. The standard InChI is InChI=1S/C19H13ClN2O4/c20-14-7-9-16(10-8-14)26-18-11-6-13(12-17(18)22(24)25)19(23)21-15-4-2-1-3-5-15/h1-12H,(H,21,23). The predicted molar refractivity (Wildman–Crippen MR) is 99.0 cm³/mol. The van der Waals surface area contributed by atoms with Gasteiger partial charge < -0.3 is 10.1 Å². The number of hydrogen-bond donors (Lipinski definition) is 1. The van der Waals surface area contributed by atoms with Crippen molar-refractivity contribution in [1.82, 2.24) is 0 Å². The Kier molecular flexibility index (Phi) is 5.15. The number of carbonyl (C=O) groups excluding carboxylic acids is 1. The molecule has 0 atom stereocenters. The van der Waals surface area contributed by atoms with Crippen molar-refractivity contribution < 1.29 is 14.5 Å². The summed E-state index contributed by atoms with van der Waals surface area (Å²) < 4.78 is 5.55. The van der Waals surface area contributed by atoms with Crippen LogP contribution in [-0.4, -0.2) is 10.8 Å². The van der Waals surface area contributed by atoms with Gasteiger partial charge in [0, 0.05) is 22.3 Å². The van der Waals surface area contributed by atoms with E-state index in [4.69, 9.17) is 16.3 Å². The summed E-state index contributed by atoms with van der Waals surface area (Å²) in [5.74, 6) is -0.00934. The summed E-state index contributed by atoms with van der Waals surface area (Å²) in [7, 11) is 0. The highest BCUT2D eigenvalue weighted by atomic mass is 35.5. The van der Waals surface area contributed by atoms with E-state index in [1.807, 2.05) is 6.07 Å². The van der Waals surface area contributed by atoms with Crippen LogP contribution in [0.15, 0.2) is 72.8 Å². The lowest BCUT2D eigenvalue weighted by Crippen LogP contribution is -2.12. The topological polar surface area (TPSA) is 81.5 Å². The Morgan fingerprint density at radius 2 is 1.69 bits per heavy atom. The van der Waals surface area contributed by atoms with Crippen LogP contribution in [0.4, 0.5) is 11.4 Å². The second-order valence-electron chi connectivity index (χ2n) is 5.32. The van der Waals surface area contributed by atoms with E-state index in [-0.39, 0.29) is 17.0 Å². The zero-order chi connectivity index (χ0) is 18.5. The van der Waals surface area contributed by atoms with Crippen molar-refractivity contribution in [2.45, 2.75) is 0 Å². The maximum atomic E-state index is 12.3. The molecule has 1 N–H and O–H groups in total. The molecule has 3 rings (SSSR count). The van der Waals surface area contributed by atoms with Gasteiger partial charge in [0.1, 0.15) is 5.75 Å². The SMILES string of the molecule is O=C(Nc1ccccc1)c1ccc(Oc2ccc(Cl)cc2)c([N+](=O)[O-])c1. The number of nitrogens with one attached hydrogen (secondary N) is 1. The summed E-state index contributed by atoms with van der Waals surface area (Å²) in [6, 6.07) is 19.3. The van der Waals surface area contributed by atoms with Gasteiger partial charge in [-0.15, -0.1) is 0 Å². The quantitative estimate of drug-likeness (QED) is 0.489. The van der Waals surface area contributed by atoms with Gasteiger partial charge in [-0.05, 0) is 48.5 Å². The van der Waals surface area contributed by atoms with Crippen molar-refractivity contribution in [3.05, 3.63) is 93.5 Å². The average Bonchev–Trinajstić information content (AvgIpc) is 2.64. The van der Waals surface area contributed by atoms with Gasteiger partial charge >= 0.3 is 5.69 Å². The fourth-order valence-electron chi connectivity index (χ4n) is 2.24. The van der Waals surface area contributed by atoms with Crippen LogP contribution in [0, 0.1) is 10.1 Å². The van der Waals surface area contributed by atoms with E-state index in [1.165, 1.54) is 18.2 Å². The third-order valence-corrected chi connectivity index (χ3v) is 3.74. The molecule has 0 aromatic heterocycles. The minimum Gasteiger partial charge on any atom is -0.450 e. The first-order valence-corrected chi connectivity index (χ1v) is 7.99. The van der Waals surface area contributed by atoms with Crippen LogP contribution in [0.5, 0.6) is 11.5 Å². The zero-order valence-corrected chi connectivity index (χ0v) is 14.1. The van der Waals surface area contributed by atoms with Crippen LogP contribution < -0.4 is 10.1 Å². The number of halogens is 1. The Morgan fingerprint density at radius 3 is 2.35 bits per heavy atom. The summed E-state index contributed by atoms with van der Waals surface area (Å²) in [5.41, 5.74) is 0.450. The second kappa shape index (κ2) is 7.67. The van der Waals surface area contributed by atoms with Gasteiger partial charge in [0.2, 0.25) is 5.75 Å². The van der Waals surface area contributed by atoms with E-state index in [0.717, 1.165) is 0 Å². The third-order valence-electron chi connectivity index (χ3n) is 3.49. The first kappa shape index (κ1) is 17.4. The van der Waals surface area contributed by atoms with Gasteiger partial charge in [-0.1, -0.05) is 29.8 Å². The molecule has 0 heterocycles. The Bertz CT molecular complexity index is 944. The molecule has 1 amide bonds. The van der Waals surface area contributed by atoms with Crippen LogP contribution in [-0.2, 0) is 0 Å². The van der Waals surface area contributed by atoms with Crippen LogP contribution >= 0.6 is 11.6 Å². The lowest BCUT2D eigenvalue weighted by atomic mass is 10.1. The molecule has 26 heavy (non-hydrogen) atoms. The van der Waals surface area contributed by atoms with Gasteiger partial charge in [0.05, 0.1) is 4.92 Å². The van der Waals surface area contributed by atoms with Crippen molar-refractivity contribution in [1.29, 1.82) is 0 Å². The normalized spacial score (nSPS) is 10.2. The maximum absolute atomic E-state index is 12.3. The monoisotopic (exact) mass is 368 g/mol. The molecule has 130 valence electrons. The van der Waals surface area contributed by atoms with Gasteiger partial charge in [0.25, 0.3) is 5.91 Å². The Balaban J connectivity index is 1.85. The van der Waals surface area contributed by atoms with Crippen molar-refractivity contribution in [2.75, 3.05) is 5.32 Å². The van der Waals surface area contributed by atoms with Crippen molar-refractivity contribution >= 4 is 28.9 Å². The largest absolute Gasteiger partial charge is 0.450 e. The summed E-state index contributed by atoms with van der Waals surface area (Å²) in [6.07, 6.45) is 0. The molecule has 0 aliphatic rings. The fraction of sp³-hybridized carbons (Fsp3) is 0. The molecule has 0 radical (unpaired) electrons. The number of benzene rings is 3. The maximum Gasteiger partial charge on any atom is 0.312 e. The highest BCUT2D eigenvalue weighted by Gasteiger charge is 2.19. The summed E-state index contributed by atoms with van der Waals surface area (Å²) in [4.78, 5) is 23.1. The van der Waals surface area contributed by atoms with E-state index in [9.17, 15) is 14.9 Å². The summed E-state index contributed by atoms with van der Waals surface area (Å²) in [6.45, 7) is 0. The molecule has 0 fully saturated rings. The highest BCUT2D eigenvalue weighted by Crippen LogP contribution is 2.32. The second-order valence-corrected chi connectivity index (χ2v) is 5.75. The molecular formula is C19H13ClN2O4. The fourth-order valence-corrected chi connectivity index (χ4v) is 2.37. The molecule has 0 aliphatic heterocycles. The Morgan fingerprint density at radius 1 is 1.00 bits per heavy atom. The smallest absolute Gasteiger partial charge is 0.312 e. The predicted octanol–water partition coefficient (Wildman–Crippen LogP) is 5.29. The van der Waals surface area contributed by atoms with E-state index in [2.05, 4.69) is 5.32 Å². The van der Waals surface area contributed by atoms with Gasteiger partial charge in [0.15, 0.2) is 0 Å². The minimum atomic E-state index is -0.593. The number of nitro benzene ring substituents is 1. The highest BCUT2D eigenvalue weighted by molar-refractivity contribution is 6.30. The lowest BCUT2D eigenvalue weighted by Gasteiger charge is -2.09. The summed E-state index contributed by atoms with van der Waals surface area (Å²) in [5, 5.41) is 14.6. The number of ether oxygens (including phenoxy) is 1. The van der Waals surface area contributed by atoms with Gasteiger partial charge in [-0.2, -0.15) is 0 Å². The van der Waals surface area contributed by atoms with Crippen LogP contribution in [0.3, 0.4) is 0 Å². The van der Waals surface area contributed by atoms with Crippen LogP contribution in [0.2, 0.25) is 5.02 Å². The van der Waals surface area contributed by atoms with Crippen molar-refractivity contribution in [2.24, 2.45) is 0 Å². The molecule has 7 heteroatoms. The number of para-hydroxylation sites is 1. The number of hydrogen-bond acceptors (Lipinski definition) is 4. The van der Waals surface area contributed by atoms with Crippen LogP contribution in [0.1, 0.15) is 10.4 Å². The molecule has 0 saturated heterocycles. The molecule has 3 aromatic carbocycles. The molecule has 0 unspecified atom stereocenters. The van der Waals surface area contributed by atoms with Gasteiger partial charge in [-0.3, -0.25) is 14.9 Å². The lowest BCUT2D eigenvalue weighted by molar-refractivity contribution is -0.385. The number of amides is 1. The van der Waals surface area contributed by atoms with E-state index < -0.39 is 10.8 Å². The zero-order valence-electron chi connectivity index (χ0n) is 13.4. The average molecular weight is 369 g/mol. The molecule has 6 nitrogen and oxygen atoms in total. The number of anilines is 1. The Labute approximate surface area is 154 Å². The Hall–Kier alpha value is -3.38. The molecule has 0 spiro atoms. The van der Waals surface area contributed by atoms with Gasteiger partial charge in [-0.25, -0.2) is 0 Å². The molecule has 0 bridgehead atoms. The number of carbonyl (C=O) groups is 1. The number of nitrogens with zero attached hydrogens (tertiary/aromatic N) is 1. The third kappa shape index (κ3) is 4.17. The van der Waals surface area contributed by atoms with Crippen LogP contribution in [0.25, 0.3) is 0 Å². The van der Waals surface area contributed by atoms with E-state index in [1.54, 1.807) is 48.5 Å². The number of nitro groups is 1. The molecule has 0 saturated carbocycles. The minimum absolute atomic E-state index is 0.0357. The first-order valence-electron chi connectivity index (χ1n) is 7.61. The first-order chi connectivity index (χ1) is 12.5. The molecule has 0 aliphatic carbocycles. The van der Waals surface area contributed by atoms with Crippen molar-refractivity contribution in [3.63, 3.8) is 0 Å². The summed E-state index contributed by atoms with van der Waals surface area (Å²) >= 11 is 5.81. The number of rotatable bonds is 5. The van der Waals surface area contributed by atoms with Crippen molar-refractivity contribution in [3.8, 4) is 11.5 Å². The van der Waals surface area contributed by atoms with E-state index >= 15 is 0 Å². The van der Waals surface area contributed by atoms with E-state index in [0.29, 0.717) is 16.5 Å². The molecule has 3 aromatic rings.